The lowest BCUT2D eigenvalue weighted by molar-refractivity contribution is -0.132. The topological polar surface area (TPSA) is 32.3 Å². The third-order valence-electron chi connectivity index (χ3n) is 5.86. The van der Waals surface area contributed by atoms with Crippen LogP contribution in [0, 0.1) is 0 Å². The molecule has 1 amide bonds. The van der Waals surface area contributed by atoms with E-state index in [1.807, 2.05) is 41.3 Å². The highest BCUT2D eigenvalue weighted by molar-refractivity contribution is 5.86. The molecular weight excluding hydrogens is 392 g/mol. The standard InChI is InChI=1S/C29H30N2O/c1-23(27-18-10-16-26-15-8-9-17-28(26)27)30-20-19-29(32)31(21-24-11-4-2-5-12-24)22-25-13-6-3-7-14-25/h2-18,23,30H,19-22H2,1H3/t23-/m1/s1. The Morgan fingerprint density at radius 1 is 0.750 bits per heavy atom. The number of nitrogens with one attached hydrogen (secondary N) is 1. The molecule has 0 aliphatic carbocycles. The fourth-order valence-corrected chi connectivity index (χ4v) is 4.13. The monoisotopic (exact) mass is 422 g/mol. The van der Waals surface area contributed by atoms with E-state index in [2.05, 4.69) is 79.0 Å². The highest BCUT2D eigenvalue weighted by atomic mass is 16.2. The Hall–Kier alpha value is -3.43. The Balaban J connectivity index is 1.40. The van der Waals surface area contributed by atoms with Crippen LogP contribution in [-0.4, -0.2) is 17.4 Å². The number of amides is 1. The van der Waals surface area contributed by atoms with Crippen LogP contribution >= 0.6 is 0 Å². The number of fused-ring (bicyclic) bond motifs is 1. The molecule has 32 heavy (non-hydrogen) atoms. The van der Waals surface area contributed by atoms with E-state index < -0.39 is 0 Å². The molecule has 0 saturated carbocycles. The van der Waals surface area contributed by atoms with Gasteiger partial charge in [0.15, 0.2) is 0 Å². The number of nitrogens with zero attached hydrogens (tertiary/aromatic N) is 1. The van der Waals surface area contributed by atoms with Crippen molar-refractivity contribution in [2.75, 3.05) is 6.54 Å². The SMILES string of the molecule is C[C@@H](NCCC(=O)N(Cc1ccccc1)Cc1ccccc1)c1cccc2ccccc12. The van der Waals surface area contributed by atoms with Gasteiger partial charge in [-0.2, -0.15) is 0 Å². The van der Waals surface area contributed by atoms with Gasteiger partial charge in [0.25, 0.3) is 0 Å². The van der Waals surface area contributed by atoms with Crippen LogP contribution in [0.1, 0.15) is 36.1 Å². The van der Waals surface area contributed by atoms with Crippen molar-refractivity contribution in [2.24, 2.45) is 0 Å². The third kappa shape index (κ3) is 5.63. The Labute approximate surface area is 190 Å². The van der Waals surface area contributed by atoms with Crippen LogP contribution in [0.25, 0.3) is 10.8 Å². The molecule has 0 aromatic heterocycles. The lowest BCUT2D eigenvalue weighted by Crippen LogP contribution is -2.33. The molecule has 0 saturated heterocycles. The van der Waals surface area contributed by atoms with E-state index in [1.165, 1.54) is 16.3 Å². The molecule has 0 spiro atoms. The minimum Gasteiger partial charge on any atom is -0.334 e. The summed E-state index contributed by atoms with van der Waals surface area (Å²) in [7, 11) is 0. The number of hydrogen-bond acceptors (Lipinski definition) is 2. The van der Waals surface area contributed by atoms with E-state index >= 15 is 0 Å². The van der Waals surface area contributed by atoms with E-state index in [9.17, 15) is 4.79 Å². The van der Waals surface area contributed by atoms with Gasteiger partial charge in [-0.25, -0.2) is 0 Å². The second kappa shape index (κ2) is 10.7. The third-order valence-corrected chi connectivity index (χ3v) is 5.86. The fourth-order valence-electron chi connectivity index (χ4n) is 4.13. The van der Waals surface area contributed by atoms with Gasteiger partial charge in [-0.15, -0.1) is 0 Å². The Kier molecular flexibility index (Phi) is 7.31. The zero-order valence-corrected chi connectivity index (χ0v) is 18.6. The Bertz CT molecular complexity index is 1090. The minimum absolute atomic E-state index is 0.162. The first kappa shape index (κ1) is 21.8. The van der Waals surface area contributed by atoms with Crippen molar-refractivity contribution in [1.29, 1.82) is 0 Å². The maximum absolute atomic E-state index is 13.2. The second-order valence-corrected chi connectivity index (χ2v) is 8.22. The van der Waals surface area contributed by atoms with Crippen molar-refractivity contribution in [3.8, 4) is 0 Å². The van der Waals surface area contributed by atoms with Crippen LogP contribution < -0.4 is 5.32 Å². The van der Waals surface area contributed by atoms with Gasteiger partial charge < -0.3 is 10.2 Å². The van der Waals surface area contributed by atoms with Crippen LogP contribution in [0.5, 0.6) is 0 Å². The first-order valence-corrected chi connectivity index (χ1v) is 11.3. The zero-order valence-electron chi connectivity index (χ0n) is 18.6. The summed E-state index contributed by atoms with van der Waals surface area (Å²) in [6.07, 6.45) is 0.467. The molecule has 0 radical (unpaired) electrons. The lowest BCUT2D eigenvalue weighted by Gasteiger charge is -2.24. The minimum atomic E-state index is 0.162. The van der Waals surface area contributed by atoms with Crippen molar-refractivity contribution >= 4 is 16.7 Å². The van der Waals surface area contributed by atoms with Gasteiger partial charge in [-0.1, -0.05) is 103 Å². The quantitative estimate of drug-likeness (QED) is 0.353. The smallest absolute Gasteiger partial charge is 0.224 e. The van der Waals surface area contributed by atoms with E-state index in [0.717, 1.165) is 11.1 Å². The summed E-state index contributed by atoms with van der Waals surface area (Å²) in [5.41, 5.74) is 3.56. The van der Waals surface area contributed by atoms with E-state index in [1.54, 1.807) is 0 Å². The average molecular weight is 423 g/mol. The molecule has 0 heterocycles. The summed E-state index contributed by atoms with van der Waals surface area (Å²) in [4.78, 5) is 15.1. The second-order valence-electron chi connectivity index (χ2n) is 8.22. The van der Waals surface area contributed by atoms with Crippen LogP contribution in [0.15, 0.2) is 103 Å². The van der Waals surface area contributed by atoms with Crippen LogP contribution in [0.2, 0.25) is 0 Å². The molecule has 0 aliphatic heterocycles. The maximum atomic E-state index is 13.2. The molecular formula is C29H30N2O. The van der Waals surface area contributed by atoms with Gasteiger partial charge in [-0.05, 0) is 34.4 Å². The molecule has 0 unspecified atom stereocenters. The molecule has 4 rings (SSSR count). The maximum Gasteiger partial charge on any atom is 0.224 e. The predicted octanol–water partition coefficient (Wildman–Crippen LogP) is 6.11. The highest BCUT2D eigenvalue weighted by Crippen LogP contribution is 2.24. The number of hydrogen-bond donors (Lipinski definition) is 1. The van der Waals surface area contributed by atoms with Crippen molar-refractivity contribution in [3.63, 3.8) is 0 Å². The molecule has 0 aliphatic rings. The van der Waals surface area contributed by atoms with E-state index in [0.29, 0.717) is 26.1 Å². The van der Waals surface area contributed by atoms with Crippen LogP contribution in [0.4, 0.5) is 0 Å². The number of carbonyl (C=O) groups is 1. The summed E-state index contributed by atoms with van der Waals surface area (Å²) in [6.45, 7) is 4.04. The summed E-state index contributed by atoms with van der Waals surface area (Å²) in [5.74, 6) is 0.162. The van der Waals surface area contributed by atoms with E-state index in [4.69, 9.17) is 0 Å². The van der Waals surface area contributed by atoms with Gasteiger partial charge in [-0.3, -0.25) is 4.79 Å². The van der Waals surface area contributed by atoms with Gasteiger partial charge in [0.05, 0.1) is 0 Å². The number of carbonyl (C=O) groups excluding carboxylic acids is 1. The Morgan fingerprint density at radius 3 is 1.97 bits per heavy atom. The molecule has 1 N–H and O–H groups in total. The highest BCUT2D eigenvalue weighted by Gasteiger charge is 2.16. The predicted molar refractivity (Wildman–Crippen MR) is 132 cm³/mol. The van der Waals surface area contributed by atoms with Gasteiger partial charge >= 0.3 is 0 Å². The lowest BCUT2D eigenvalue weighted by atomic mass is 9.99. The molecule has 4 aromatic carbocycles. The fraction of sp³-hybridized carbons (Fsp3) is 0.207. The van der Waals surface area contributed by atoms with Crippen LogP contribution in [-0.2, 0) is 17.9 Å². The molecule has 1 atom stereocenters. The van der Waals surface area contributed by atoms with Crippen molar-refractivity contribution in [3.05, 3.63) is 120 Å². The van der Waals surface area contributed by atoms with Gasteiger partial charge in [0, 0.05) is 32.1 Å². The Morgan fingerprint density at radius 2 is 1.31 bits per heavy atom. The summed E-state index contributed by atoms with van der Waals surface area (Å²) >= 11 is 0. The molecule has 0 bridgehead atoms. The van der Waals surface area contributed by atoms with Gasteiger partial charge in [0.1, 0.15) is 0 Å². The van der Waals surface area contributed by atoms with Gasteiger partial charge in [0.2, 0.25) is 5.91 Å². The zero-order chi connectivity index (χ0) is 22.2. The first-order chi connectivity index (χ1) is 15.7. The molecule has 0 fully saturated rings. The largest absolute Gasteiger partial charge is 0.334 e. The van der Waals surface area contributed by atoms with E-state index in [-0.39, 0.29) is 11.9 Å². The molecule has 3 nitrogen and oxygen atoms in total. The first-order valence-electron chi connectivity index (χ1n) is 11.3. The summed E-state index contributed by atoms with van der Waals surface area (Å²) in [5, 5.41) is 6.06. The number of benzene rings is 4. The molecule has 162 valence electrons. The molecule has 4 aromatic rings. The normalized spacial score (nSPS) is 11.9. The van der Waals surface area contributed by atoms with Crippen molar-refractivity contribution in [1.82, 2.24) is 10.2 Å². The summed E-state index contributed by atoms with van der Waals surface area (Å²) < 4.78 is 0. The summed E-state index contributed by atoms with van der Waals surface area (Å²) in [6, 6.07) is 35.4. The molecule has 3 heteroatoms. The van der Waals surface area contributed by atoms with Crippen molar-refractivity contribution in [2.45, 2.75) is 32.5 Å². The number of rotatable bonds is 9. The van der Waals surface area contributed by atoms with Crippen molar-refractivity contribution < 1.29 is 4.79 Å². The average Bonchev–Trinajstić information content (AvgIpc) is 2.84. The van der Waals surface area contributed by atoms with Crippen LogP contribution in [0.3, 0.4) is 0 Å².